The van der Waals surface area contributed by atoms with Crippen molar-refractivity contribution in [2.24, 2.45) is 0 Å². The van der Waals surface area contributed by atoms with Gasteiger partial charge >= 0.3 is 6.18 Å². The van der Waals surface area contributed by atoms with Gasteiger partial charge in [0, 0.05) is 32.4 Å². The Kier molecular flexibility index (Phi) is 6.88. The maximum atomic E-state index is 13.4. The van der Waals surface area contributed by atoms with E-state index in [-0.39, 0.29) is 6.54 Å². The van der Waals surface area contributed by atoms with Crippen molar-refractivity contribution in [2.75, 3.05) is 32.8 Å². The number of benzene rings is 1. The van der Waals surface area contributed by atoms with Gasteiger partial charge in [0.15, 0.2) is 0 Å². The van der Waals surface area contributed by atoms with Crippen LogP contribution in [-0.4, -0.2) is 55.0 Å². The smallest absolute Gasteiger partial charge is 0.405 e. The average molecular weight is 395 g/mol. The predicted molar refractivity (Wildman–Crippen MR) is 99.4 cm³/mol. The number of nitrogens with one attached hydrogen (secondary N) is 1. The second kappa shape index (κ2) is 9.36. The van der Waals surface area contributed by atoms with Crippen molar-refractivity contribution in [3.8, 4) is 11.5 Å². The Labute approximate surface area is 162 Å². The Morgan fingerprint density at radius 2 is 2.04 bits per heavy atom. The van der Waals surface area contributed by atoms with Crippen LogP contribution in [0.1, 0.15) is 11.1 Å². The second-order valence-corrected chi connectivity index (χ2v) is 6.73. The number of nitrogens with zero attached hydrogens (tertiary/aromatic N) is 2. The minimum Gasteiger partial charge on any atom is -0.455 e. The third-order valence-electron chi connectivity index (χ3n) is 4.63. The van der Waals surface area contributed by atoms with E-state index in [0.717, 1.165) is 11.1 Å². The molecule has 5 nitrogen and oxygen atoms in total. The highest BCUT2D eigenvalue weighted by Gasteiger charge is 2.43. The van der Waals surface area contributed by atoms with Crippen LogP contribution in [0.2, 0.25) is 0 Å². The summed E-state index contributed by atoms with van der Waals surface area (Å²) in [6.45, 7) is 3.37. The number of hydrogen-bond donors (Lipinski definition) is 1. The molecule has 1 fully saturated rings. The predicted octanol–water partition coefficient (Wildman–Crippen LogP) is 3.54. The zero-order valence-electron chi connectivity index (χ0n) is 15.7. The minimum atomic E-state index is -4.28. The highest BCUT2D eigenvalue weighted by atomic mass is 19.4. The van der Waals surface area contributed by atoms with Gasteiger partial charge in [-0.25, -0.2) is 0 Å². The summed E-state index contributed by atoms with van der Waals surface area (Å²) in [7, 11) is 0. The Bertz CT molecular complexity index is 750. The largest absolute Gasteiger partial charge is 0.455 e. The number of hydrogen-bond acceptors (Lipinski definition) is 5. The molecule has 1 aliphatic heterocycles. The number of pyridine rings is 1. The van der Waals surface area contributed by atoms with Crippen LogP contribution in [0.25, 0.3) is 0 Å². The highest BCUT2D eigenvalue weighted by molar-refractivity contribution is 5.39. The Morgan fingerprint density at radius 3 is 2.68 bits per heavy atom. The van der Waals surface area contributed by atoms with Crippen LogP contribution in [0.4, 0.5) is 13.2 Å². The fourth-order valence-corrected chi connectivity index (χ4v) is 3.16. The van der Waals surface area contributed by atoms with Crippen molar-refractivity contribution in [1.82, 2.24) is 15.2 Å². The summed E-state index contributed by atoms with van der Waals surface area (Å²) in [6, 6.07) is 7.67. The van der Waals surface area contributed by atoms with Crippen molar-refractivity contribution < 1.29 is 22.6 Å². The normalized spacial score (nSPS) is 16.7. The van der Waals surface area contributed by atoms with Crippen molar-refractivity contribution in [3.63, 3.8) is 0 Å². The lowest BCUT2D eigenvalue weighted by Gasteiger charge is -2.35. The number of alkyl halides is 3. The van der Waals surface area contributed by atoms with Crippen LogP contribution in [0.15, 0.2) is 42.7 Å². The van der Waals surface area contributed by atoms with Gasteiger partial charge in [-0.3, -0.25) is 9.88 Å². The third-order valence-corrected chi connectivity index (χ3v) is 4.63. The van der Waals surface area contributed by atoms with Crippen LogP contribution in [0.3, 0.4) is 0 Å². The van der Waals surface area contributed by atoms with Gasteiger partial charge in [-0.1, -0.05) is 12.1 Å². The standard InChI is InChI=1S/C20H24F3N3O2/c1-15-11-16(4-5-18(15)28-17-3-2-6-24-13-17)12-25-14-19(20(21,22)23)26-7-9-27-10-8-26/h2-6,11,13,19,25H,7-10,12,14H2,1H3. The number of ether oxygens (including phenoxy) is 2. The summed E-state index contributed by atoms with van der Waals surface area (Å²) in [6.07, 6.45) is -0.987. The first-order valence-electron chi connectivity index (χ1n) is 9.20. The lowest BCUT2D eigenvalue weighted by molar-refractivity contribution is -0.190. The first-order valence-corrected chi connectivity index (χ1v) is 9.20. The molecule has 1 aliphatic rings. The molecule has 8 heteroatoms. The lowest BCUT2D eigenvalue weighted by Crippen LogP contribution is -2.54. The van der Waals surface area contributed by atoms with Gasteiger partial charge in [-0.15, -0.1) is 0 Å². The molecule has 28 heavy (non-hydrogen) atoms. The van der Waals surface area contributed by atoms with Gasteiger partial charge in [0.05, 0.1) is 19.4 Å². The van der Waals surface area contributed by atoms with E-state index in [2.05, 4.69) is 10.3 Å². The Morgan fingerprint density at radius 1 is 1.25 bits per heavy atom. The fraction of sp³-hybridized carbons (Fsp3) is 0.450. The molecule has 0 radical (unpaired) electrons. The molecule has 1 atom stereocenters. The summed E-state index contributed by atoms with van der Waals surface area (Å²) < 4.78 is 51.2. The van der Waals surface area contributed by atoms with Crippen molar-refractivity contribution in [3.05, 3.63) is 53.9 Å². The summed E-state index contributed by atoms with van der Waals surface area (Å²) >= 11 is 0. The highest BCUT2D eigenvalue weighted by Crippen LogP contribution is 2.26. The average Bonchev–Trinajstić information content (AvgIpc) is 2.68. The summed E-state index contributed by atoms with van der Waals surface area (Å²) in [5.41, 5.74) is 1.81. The molecule has 2 heterocycles. The molecule has 0 bridgehead atoms. The lowest BCUT2D eigenvalue weighted by atomic mass is 10.1. The number of rotatable bonds is 7. The quantitative estimate of drug-likeness (QED) is 0.777. The SMILES string of the molecule is Cc1cc(CNCC(N2CCOCC2)C(F)(F)F)ccc1Oc1cccnc1. The number of aromatic nitrogens is 1. The molecular weight excluding hydrogens is 371 g/mol. The zero-order valence-corrected chi connectivity index (χ0v) is 15.7. The summed E-state index contributed by atoms with van der Waals surface area (Å²) in [5.74, 6) is 1.33. The third kappa shape index (κ3) is 5.67. The molecule has 0 spiro atoms. The van der Waals surface area contributed by atoms with Crippen molar-refractivity contribution in [2.45, 2.75) is 25.7 Å². The number of aryl methyl sites for hydroxylation is 1. The maximum absolute atomic E-state index is 13.4. The molecule has 1 unspecified atom stereocenters. The van der Waals surface area contributed by atoms with Crippen LogP contribution in [0, 0.1) is 6.92 Å². The first kappa shape index (κ1) is 20.6. The van der Waals surface area contributed by atoms with E-state index in [1.54, 1.807) is 18.5 Å². The number of halogens is 3. The van der Waals surface area contributed by atoms with Gasteiger partial charge < -0.3 is 14.8 Å². The summed E-state index contributed by atoms with van der Waals surface area (Å²) in [5, 5.41) is 2.95. The van der Waals surface area contributed by atoms with E-state index in [0.29, 0.717) is 44.3 Å². The first-order chi connectivity index (χ1) is 13.4. The van der Waals surface area contributed by atoms with Gasteiger partial charge in [0.2, 0.25) is 0 Å². The minimum absolute atomic E-state index is 0.156. The van der Waals surface area contributed by atoms with Crippen molar-refractivity contribution >= 4 is 0 Å². The molecule has 0 saturated carbocycles. The maximum Gasteiger partial charge on any atom is 0.405 e. The van der Waals surface area contributed by atoms with Gasteiger partial charge in [0.25, 0.3) is 0 Å². The van der Waals surface area contributed by atoms with Crippen molar-refractivity contribution in [1.29, 1.82) is 0 Å². The zero-order chi connectivity index (χ0) is 20.0. The Balaban J connectivity index is 1.56. The van der Waals surface area contributed by atoms with Gasteiger partial charge in [0.1, 0.15) is 17.5 Å². The van der Waals surface area contributed by atoms with E-state index in [9.17, 15) is 13.2 Å². The molecular formula is C20H24F3N3O2. The summed E-state index contributed by atoms with van der Waals surface area (Å²) in [4.78, 5) is 5.44. The molecule has 0 aliphatic carbocycles. The fourth-order valence-electron chi connectivity index (χ4n) is 3.16. The van der Waals surface area contributed by atoms with Crippen LogP contribution < -0.4 is 10.1 Å². The second-order valence-electron chi connectivity index (χ2n) is 6.73. The van der Waals surface area contributed by atoms with Gasteiger partial charge in [-0.05, 0) is 36.2 Å². The monoisotopic (exact) mass is 395 g/mol. The van der Waals surface area contributed by atoms with E-state index < -0.39 is 12.2 Å². The molecule has 2 aromatic rings. The topological polar surface area (TPSA) is 46.6 Å². The van der Waals surface area contributed by atoms with Crippen LogP contribution >= 0.6 is 0 Å². The van der Waals surface area contributed by atoms with E-state index in [1.165, 1.54) is 4.90 Å². The van der Waals surface area contributed by atoms with E-state index in [1.807, 2.05) is 31.2 Å². The molecule has 1 N–H and O–H groups in total. The van der Waals surface area contributed by atoms with Crippen LogP contribution in [-0.2, 0) is 11.3 Å². The molecule has 1 aromatic heterocycles. The van der Waals surface area contributed by atoms with Gasteiger partial charge in [-0.2, -0.15) is 13.2 Å². The Hall–Kier alpha value is -2.16. The molecule has 152 valence electrons. The molecule has 1 saturated heterocycles. The number of morpholine rings is 1. The van der Waals surface area contributed by atoms with Crippen LogP contribution in [0.5, 0.6) is 11.5 Å². The van der Waals surface area contributed by atoms with E-state index >= 15 is 0 Å². The van der Waals surface area contributed by atoms with E-state index in [4.69, 9.17) is 9.47 Å². The molecule has 0 amide bonds. The molecule has 1 aromatic carbocycles. The molecule has 3 rings (SSSR count).